The molecular weight excluding hydrogens is 269 g/mol. The van der Waals surface area contributed by atoms with Gasteiger partial charge in [-0.3, -0.25) is 4.79 Å². The van der Waals surface area contributed by atoms with Gasteiger partial charge in [-0.05, 0) is 19.4 Å². The maximum atomic E-state index is 13.5. The van der Waals surface area contributed by atoms with E-state index in [9.17, 15) is 17.6 Å². The van der Waals surface area contributed by atoms with Crippen molar-refractivity contribution in [3.63, 3.8) is 0 Å². The molecule has 0 spiro atoms. The number of benzene rings is 1. The maximum absolute atomic E-state index is 13.5. The van der Waals surface area contributed by atoms with Gasteiger partial charge in [0.05, 0.1) is 11.0 Å². The van der Waals surface area contributed by atoms with Gasteiger partial charge in [-0.25, -0.2) is 12.8 Å². The number of amides is 1. The van der Waals surface area contributed by atoms with Crippen LogP contribution in [0.5, 0.6) is 0 Å². The molecule has 1 aromatic carbocycles. The Balaban J connectivity index is 2.67. The summed E-state index contributed by atoms with van der Waals surface area (Å²) in [5.74, 6) is -0.789. The lowest BCUT2D eigenvalue weighted by Crippen LogP contribution is -2.24. The second-order valence-electron chi connectivity index (χ2n) is 4.37. The Bertz CT molecular complexity index is 543. The van der Waals surface area contributed by atoms with Crippen molar-refractivity contribution in [1.29, 1.82) is 0 Å². The summed E-state index contributed by atoms with van der Waals surface area (Å²) >= 11 is 0. The third kappa shape index (κ3) is 4.63. The summed E-state index contributed by atoms with van der Waals surface area (Å²) in [4.78, 5) is 10.7. The van der Waals surface area contributed by atoms with Crippen LogP contribution in [-0.2, 0) is 14.6 Å². The van der Waals surface area contributed by atoms with E-state index in [1.807, 2.05) is 0 Å². The van der Waals surface area contributed by atoms with Crippen molar-refractivity contribution in [2.75, 3.05) is 12.3 Å². The molecule has 0 fully saturated rings. The zero-order valence-corrected chi connectivity index (χ0v) is 11.8. The summed E-state index contributed by atoms with van der Waals surface area (Å²) in [5.41, 5.74) is 0.182. The van der Waals surface area contributed by atoms with Crippen molar-refractivity contribution < 1.29 is 17.6 Å². The van der Waals surface area contributed by atoms with Gasteiger partial charge in [0.15, 0.2) is 9.84 Å². The van der Waals surface area contributed by atoms with Gasteiger partial charge in [-0.1, -0.05) is 18.2 Å². The first kappa shape index (κ1) is 15.6. The lowest BCUT2D eigenvalue weighted by atomic mass is 10.1. The number of sulfone groups is 1. The van der Waals surface area contributed by atoms with E-state index in [0.717, 1.165) is 0 Å². The summed E-state index contributed by atoms with van der Waals surface area (Å²) in [7, 11) is -3.43. The highest BCUT2D eigenvalue weighted by Crippen LogP contribution is 2.25. The number of hydrogen-bond acceptors (Lipinski definition) is 3. The van der Waals surface area contributed by atoms with Gasteiger partial charge >= 0.3 is 0 Å². The van der Waals surface area contributed by atoms with Crippen LogP contribution in [0.15, 0.2) is 24.3 Å². The van der Waals surface area contributed by atoms with Gasteiger partial charge in [0, 0.05) is 19.0 Å². The third-order valence-electron chi connectivity index (χ3n) is 2.86. The molecule has 0 unspecified atom stereocenters. The fourth-order valence-corrected chi connectivity index (χ4v) is 3.19. The Morgan fingerprint density at radius 3 is 2.58 bits per heavy atom. The van der Waals surface area contributed by atoms with E-state index < -0.39 is 20.9 Å². The van der Waals surface area contributed by atoms with Crippen LogP contribution < -0.4 is 5.32 Å². The minimum Gasteiger partial charge on any atom is -0.356 e. The van der Waals surface area contributed by atoms with Crippen LogP contribution in [-0.4, -0.2) is 26.6 Å². The number of halogens is 1. The van der Waals surface area contributed by atoms with Crippen LogP contribution >= 0.6 is 0 Å². The van der Waals surface area contributed by atoms with Crippen molar-refractivity contribution in [2.45, 2.75) is 25.5 Å². The molecule has 1 aromatic rings. The summed E-state index contributed by atoms with van der Waals surface area (Å²) in [6, 6.07) is 5.86. The molecule has 0 heterocycles. The SMILES string of the molecule is CC(=O)NCCCS(=O)(=O)[C@@H](C)c1ccccc1F. The molecule has 0 aliphatic rings. The van der Waals surface area contributed by atoms with Crippen molar-refractivity contribution in [3.8, 4) is 0 Å². The smallest absolute Gasteiger partial charge is 0.216 e. The van der Waals surface area contributed by atoms with Crippen molar-refractivity contribution in [3.05, 3.63) is 35.6 Å². The van der Waals surface area contributed by atoms with E-state index in [4.69, 9.17) is 0 Å². The van der Waals surface area contributed by atoms with Crippen LogP contribution in [0.1, 0.15) is 31.1 Å². The van der Waals surface area contributed by atoms with Gasteiger partial charge in [-0.15, -0.1) is 0 Å². The second-order valence-corrected chi connectivity index (χ2v) is 6.81. The Hall–Kier alpha value is -1.43. The lowest BCUT2D eigenvalue weighted by Gasteiger charge is -2.14. The summed E-state index contributed by atoms with van der Waals surface area (Å²) in [6.07, 6.45) is 0.320. The fraction of sp³-hybridized carbons (Fsp3) is 0.462. The minimum atomic E-state index is -3.43. The van der Waals surface area contributed by atoms with Gasteiger partial charge in [0.25, 0.3) is 0 Å². The van der Waals surface area contributed by atoms with Crippen LogP contribution in [0.25, 0.3) is 0 Å². The molecule has 1 amide bonds. The highest BCUT2D eigenvalue weighted by atomic mass is 32.2. The Kier molecular flexibility index (Phi) is 5.47. The van der Waals surface area contributed by atoms with Gasteiger partial charge in [0.2, 0.25) is 5.91 Å². The number of carbonyl (C=O) groups excluding carboxylic acids is 1. The Morgan fingerprint density at radius 2 is 2.00 bits per heavy atom. The molecule has 19 heavy (non-hydrogen) atoms. The van der Waals surface area contributed by atoms with E-state index in [2.05, 4.69) is 5.32 Å². The molecule has 0 radical (unpaired) electrons. The standard InChI is InChI=1S/C13H18FNO3S/c1-10(12-6-3-4-7-13(12)14)19(17,18)9-5-8-15-11(2)16/h3-4,6-7,10H,5,8-9H2,1-2H3,(H,15,16)/t10-/m0/s1. The number of rotatable bonds is 6. The van der Waals surface area contributed by atoms with Crippen molar-refractivity contribution >= 4 is 15.7 Å². The number of hydrogen-bond donors (Lipinski definition) is 1. The van der Waals surface area contributed by atoms with Gasteiger partial charge in [0.1, 0.15) is 5.82 Å². The van der Waals surface area contributed by atoms with Gasteiger partial charge < -0.3 is 5.32 Å². The average Bonchev–Trinajstić information content (AvgIpc) is 2.34. The van der Waals surface area contributed by atoms with Crippen LogP contribution in [0.4, 0.5) is 4.39 Å². The van der Waals surface area contributed by atoms with E-state index >= 15 is 0 Å². The molecule has 1 rings (SSSR count). The highest BCUT2D eigenvalue weighted by Gasteiger charge is 2.24. The molecule has 0 aliphatic heterocycles. The monoisotopic (exact) mass is 287 g/mol. The number of nitrogens with one attached hydrogen (secondary N) is 1. The number of carbonyl (C=O) groups is 1. The molecule has 0 aliphatic carbocycles. The van der Waals surface area contributed by atoms with Crippen LogP contribution in [0.2, 0.25) is 0 Å². The molecule has 0 bridgehead atoms. The molecule has 1 N–H and O–H groups in total. The summed E-state index contributed by atoms with van der Waals surface area (Å²) in [5, 5.41) is 1.65. The van der Waals surface area contributed by atoms with E-state index in [1.54, 1.807) is 6.07 Å². The fourth-order valence-electron chi connectivity index (χ4n) is 1.71. The largest absolute Gasteiger partial charge is 0.356 e. The topological polar surface area (TPSA) is 63.2 Å². The van der Waals surface area contributed by atoms with E-state index in [1.165, 1.54) is 32.0 Å². The van der Waals surface area contributed by atoms with Crippen LogP contribution in [0.3, 0.4) is 0 Å². The third-order valence-corrected chi connectivity index (χ3v) is 5.05. The van der Waals surface area contributed by atoms with Crippen molar-refractivity contribution in [2.24, 2.45) is 0 Å². The zero-order chi connectivity index (χ0) is 14.5. The average molecular weight is 287 g/mol. The molecule has 106 valence electrons. The Labute approximate surface area is 112 Å². The van der Waals surface area contributed by atoms with Crippen molar-refractivity contribution in [1.82, 2.24) is 5.32 Å². The molecular formula is C13H18FNO3S. The molecule has 0 aromatic heterocycles. The molecule has 0 saturated carbocycles. The molecule has 6 heteroatoms. The molecule has 0 saturated heterocycles. The lowest BCUT2D eigenvalue weighted by molar-refractivity contribution is -0.118. The van der Waals surface area contributed by atoms with E-state index in [0.29, 0.717) is 13.0 Å². The first-order chi connectivity index (χ1) is 8.84. The zero-order valence-electron chi connectivity index (χ0n) is 11.0. The quantitative estimate of drug-likeness (QED) is 0.812. The predicted octanol–water partition coefficient (Wildman–Crippen LogP) is 1.83. The predicted molar refractivity (Wildman–Crippen MR) is 71.9 cm³/mol. The first-order valence-electron chi connectivity index (χ1n) is 6.05. The molecule has 1 atom stereocenters. The van der Waals surface area contributed by atoms with E-state index in [-0.39, 0.29) is 17.2 Å². The molecule has 4 nitrogen and oxygen atoms in total. The summed E-state index contributed by atoms with van der Waals surface area (Å²) in [6.45, 7) is 3.15. The minimum absolute atomic E-state index is 0.0806. The van der Waals surface area contributed by atoms with Crippen LogP contribution in [0, 0.1) is 5.82 Å². The Morgan fingerprint density at radius 1 is 1.37 bits per heavy atom. The maximum Gasteiger partial charge on any atom is 0.216 e. The first-order valence-corrected chi connectivity index (χ1v) is 7.76. The highest BCUT2D eigenvalue weighted by molar-refractivity contribution is 7.91. The second kappa shape index (κ2) is 6.65. The van der Waals surface area contributed by atoms with Gasteiger partial charge in [-0.2, -0.15) is 0 Å². The summed E-state index contributed by atoms with van der Waals surface area (Å²) < 4.78 is 37.6. The normalized spacial score (nSPS) is 13.0.